The normalized spacial score (nSPS) is 17.2. The molecule has 0 radical (unpaired) electrons. The van der Waals surface area contributed by atoms with Crippen molar-refractivity contribution >= 4 is 17.6 Å². The second-order valence-corrected chi connectivity index (χ2v) is 5.43. The summed E-state index contributed by atoms with van der Waals surface area (Å²) < 4.78 is 37.5. The fraction of sp³-hybridized carbons (Fsp3) is 0.467. The van der Waals surface area contributed by atoms with Gasteiger partial charge in [-0.25, -0.2) is 10.3 Å². The molecule has 24 heavy (non-hydrogen) atoms. The number of fused-ring (bicyclic) bond motifs is 1. The third kappa shape index (κ3) is 3.97. The predicted molar refractivity (Wildman–Crippen MR) is 80.0 cm³/mol. The third-order valence-electron chi connectivity index (χ3n) is 3.82. The molecule has 1 atom stereocenters. The van der Waals surface area contributed by atoms with E-state index >= 15 is 0 Å². The highest BCUT2D eigenvalue weighted by molar-refractivity contribution is 5.94. The summed E-state index contributed by atoms with van der Waals surface area (Å²) in [5.41, 5.74) is 3.56. The van der Waals surface area contributed by atoms with Gasteiger partial charge in [-0.1, -0.05) is 18.2 Å². The topological polar surface area (TPSA) is 61.9 Å². The van der Waals surface area contributed by atoms with Crippen LogP contribution in [0.2, 0.25) is 0 Å². The van der Waals surface area contributed by atoms with Gasteiger partial charge < -0.3 is 4.90 Å². The Balaban J connectivity index is 2.31. The molecular formula is C15H18F3N3O3. The number of hydrogen-bond donors (Lipinski definition) is 1. The Morgan fingerprint density at radius 3 is 2.67 bits per heavy atom. The quantitative estimate of drug-likeness (QED) is 0.856. The van der Waals surface area contributed by atoms with Crippen LogP contribution in [0.5, 0.6) is 0 Å². The fourth-order valence-electron chi connectivity index (χ4n) is 2.74. The monoisotopic (exact) mass is 345 g/mol. The van der Waals surface area contributed by atoms with E-state index in [9.17, 15) is 22.8 Å². The number of amides is 3. The van der Waals surface area contributed by atoms with E-state index in [0.29, 0.717) is 18.5 Å². The van der Waals surface area contributed by atoms with Gasteiger partial charge >= 0.3 is 12.2 Å². The number of hydroxylamine groups is 1. The smallest absolute Gasteiger partial charge is 0.324 e. The molecule has 0 aliphatic carbocycles. The third-order valence-corrected chi connectivity index (χ3v) is 3.82. The molecule has 1 aromatic carbocycles. The summed E-state index contributed by atoms with van der Waals surface area (Å²) in [5.74, 6) is -1.10. The van der Waals surface area contributed by atoms with Crippen molar-refractivity contribution in [3.8, 4) is 0 Å². The van der Waals surface area contributed by atoms with Crippen LogP contribution in [-0.2, 0) is 16.1 Å². The molecule has 1 aromatic rings. The largest absolute Gasteiger partial charge is 0.397 e. The zero-order valence-corrected chi connectivity index (χ0v) is 13.3. The molecule has 0 spiro atoms. The Labute approximate surface area is 137 Å². The summed E-state index contributed by atoms with van der Waals surface area (Å²) in [6, 6.07) is 6.38. The maximum Gasteiger partial charge on any atom is 0.397 e. The minimum Gasteiger partial charge on any atom is -0.324 e. The number of rotatable bonds is 3. The highest BCUT2D eigenvalue weighted by Crippen LogP contribution is 2.32. The molecule has 9 heteroatoms. The van der Waals surface area contributed by atoms with Gasteiger partial charge in [-0.15, -0.1) is 0 Å². The summed E-state index contributed by atoms with van der Waals surface area (Å²) in [7, 11) is 2.51. The van der Waals surface area contributed by atoms with Crippen LogP contribution < -0.4 is 10.4 Å². The molecule has 0 bridgehead atoms. The predicted octanol–water partition coefficient (Wildman–Crippen LogP) is 2.45. The van der Waals surface area contributed by atoms with E-state index in [0.717, 1.165) is 10.5 Å². The minimum absolute atomic E-state index is 0.328. The summed E-state index contributed by atoms with van der Waals surface area (Å²) in [6.45, 7) is 0. The first-order valence-corrected chi connectivity index (χ1v) is 7.27. The summed E-state index contributed by atoms with van der Waals surface area (Å²) in [4.78, 5) is 31.0. The van der Waals surface area contributed by atoms with Crippen LogP contribution >= 0.6 is 0 Å². The summed E-state index contributed by atoms with van der Waals surface area (Å²) in [6.07, 6.45) is -6.13. The molecule has 1 N–H and O–H groups in total. The average molecular weight is 345 g/mol. The number of anilines is 1. The van der Waals surface area contributed by atoms with Crippen LogP contribution in [0.25, 0.3) is 0 Å². The van der Waals surface area contributed by atoms with Crippen LogP contribution in [-0.4, -0.2) is 43.3 Å². The number of alkyl halides is 3. The lowest BCUT2D eigenvalue weighted by Crippen LogP contribution is -2.57. The molecule has 0 aromatic heterocycles. The van der Waals surface area contributed by atoms with Crippen molar-refractivity contribution in [1.29, 1.82) is 0 Å². The second-order valence-electron chi connectivity index (χ2n) is 5.43. The highest BCUT2D eigenvalue weighted by Gasteiger charge is 2.39. The molecule has 1 heterocycles. The van der Waals surface area contributed by atoms with E-state index in [1.54, 1.807) is 12.1 Å². The van der Waals surface area contributed by atoms with Crippen molar-refractivity contribution in [1.82, 2.24) is 10.4 Å². The molecule has 3 amide bonds. The SMILES string of the molecule is CONC(=O)N1c2ccccc2CC[C@@H]1N(C)C(=O)CC(F)(F)F. The van der Waals surface area contributed by atoms with Crippen molar-refractivity contribution in [2.75, 3.05) is 19.1 Å². The van der Waals surface area contributed by atoms with Crippen LogP contribution in [0.15, 0.2) is 24.3 Å². The Bertz CT molecular complexity index is 621. The van der Waals surface area contributed by atoms with Crippen molar-refractivity contribution in [3.63, 3.8) is 0 Å². The second kappa shape index (κ2) is 7.08. The Morgan fingerprint density at radius 1 is 1.38 bits per heavy atom. The Kier molecular flexibility index (Phi) is 5.33. The van der Waals surface area contributed by atoms with Crippen LogP contribution in [0.1, 0.15) is 18.4 Å². The van der Waals surface area contributed by atoms with E-state index in [2.05, 4.69) is 10.3 Å². The molecule has 0 unspecified atom stereocenters. The van der Waals surface area contributed by atoms with Gasteiger partial charge in [0.15, 0.2) is 0 Å². The molecular weight excluding hydrogens is 327 g/mol. The number of para-hydroxylation sites is 1. The first kappa shape index (κ1) is 18.1. The standard InChI is InChI=1S/C15H18F3N3O3/c1-20(13(22)9-15(16,17)18)12-8-7-10-5-3-4-6-11(10)21(12)14(23)19-24-2/h3-6,12H,7-9H2,1-2H3,(H,19,23)/t12-/m1/s1. The van der Waals surface area contributed by atoms with Crippen molar-refractivity contribution in [2.45, 2.75) is 31.6 Å². The number of aryl methyl sites for hydroxylation is 1. The summed E-state index contributed by atoms with van der Waals surface area (Å²) in [5, 5.41) is 0. The van der Waals surface area contributed by atoms with E-state index < -0.39 is 30.7 Å². The van der Waals surface area contributed by atoms with Gasteiger partial charge in [0.2, 0.25) is 5.91 Å². The lowest BCUT2D eigenvalue weighted by atomic mass is 9.99. The molecule has 6 nitrogen and oxygen atoms in total. The van der Waals surface area contributed by atoms with Gasteiger partial charge in [0.05, 0.1) is 12.8 Å². The molecule has 1 aliphatic heterocycles. The minimum atomic E-state index is -4.60. The van der Waals surface area contributed by atoms with Crippen molar-refractivity contribution in [2.24, 2.45) is 0 Å². The van der Waals surface area contributed by atoms with Gasteiger partial charge in [-0.05, 0) is 24.5 Å². The first-order chi connectivity index (χ1) is 11.2. The van der Waals surface area contributed by atoms with Crippen molar-refractivity contribution < 1.29 is 27.6 Å². The molecule has 1 aliphatic rings. The van der Waals surface area contributed by atoms with Crippen LogP contribution in [0.3, 0.4) is 0 Å². The number of carbonyl (C=O) groups excluding carboxylic acids is 2. The van der Waals surface area contributed by atoms with Crippen molar-refractivity contribution in [3.05, 3.63) is 29.8 Å². The van der Waals surface area contributed by atoms with E-state index in [1.165, 1.54) is 19.1 Å². The number of benzene rings is 1. The zero-order valence-electron chi connectivity index (χ0n) is 13.3. The lowest BCUT2D eigenvalue weighted by molar-refractivity contribution is -0.162. The maximum atomic E-state index is 12.5. The van der Waals surface area contributed by atoms with E-state index in [1.807, 2.05) is 12.1 Å². The van der Waals surface area contributed by atoms with Gasteiger partial charge in [0, 0.05) is 7.05 Å². The van der Waals surface area contributed by atoms with Crippen LogP contribution in [0, 0.1) is 0 Å². The Hall–Kier alpha value is -2.29. The number of carbonyl (C=O) groups is 2. The van der Waals surface area contributed by atoms with E-state index in [-0.39, 0.29) is 0 Å². The number of nitrogens with zero attached hydrogens (tertiary/aromatic N) is 2. The molecule has 0 fully saturated rings. The number of nitrogens with one attached hydrogen (secondary N) is 1. The number of halogens is 3. The fourth-order valence-corrected chi connectivity index (χ4v) is 2.74. The van der Waals surface area contributed by atoms with Gasteiger partial charge in [-0.3, -0.25) is 14.5 Å². The molecule has 0 saturated heterocycles. The zero-order chi connectivity index (χ0) is 17.9. The molecule has 2 rings (SSSR count). The first-order valence-electron chi connectivity index (χ1n) is 7.27. The Morgan fingerprint density at radius 2 is 2.04 bits per heavy atom. The number of urea groups is 1. The van der Waals surface area contributed by atoms with Gasteiger partial charge in [0.1, 0.15) is 12.6 Å². The highest BCUT2D eigenvalue weighted by atomic mass is 19.4. The van der Waals surface area contributed by atoms with Gasteiger partial charge in [0.25, 0.3) is 0 Å². The molecule has 132 valence electrons. The van der Waals surface area contributed by atoms with Crippen LogP contribution in [0.4, 0.5) is 23.7 Å². The van der Waals surface area contributed by atoms with Gasteiger partial charge in [-0.2, -0.15) is 13.2 Å². The summed E-state index contributed by atoms with van der Waals surface area (Å²) >= 11 is 0. The van der Waals surface area contributed by atoms with E-state index in [4.69, 9.17) is 0 Å². The molecule has 0 saturated carbocycles. The average Bonchev–Trinajstić information content (AvgIpc) is 2.51. The number of hydrogen-bond acceptors (Lipinski definition) is 3. The maximum absolute atomic E-state index is 12.5. The lowest BCUT2D eigenvalue weighted by Gasteiger charge is -2.41.